The van der Waals surface area contributed by atoms with Gasteiger partial charge in [-0.25, -0.2) is 0 Å². The zero-order valence-electron chi connectivity index (χ0n) is 13.9. The molecular formula is C17H18ClN3O4S. The van der Waals surface area contributed by atoms with Gasteiger partial charge in [-0.2, -0.15) is 0 Å². The number of nitro benzene ring substituents is 1. The third kappa shape index (κ3) is 4.39. The molecule has 0 bridgehead atoms. The number of thiophene rings is 1. The molecule has 1 aliphatic heterocycles. The summed E-state index contributed by atoms with van der Waals surface area (Å²) in [5.74, 6) is -0.423. The predicted molar refractivity (Wildman–Crippen MR) is 99.9 cm³/mol. The number of carbonyl (C=O) groups is 1. The van der Waals surface area contributed by atoms with Gasteiger partial charge in [0.25, 0.3) is 11.6 Å². The van der Waals surface area contributed by atoms with E-state index in [1.165, 1.54) is 18.2 Å². The smallest absolute Gasteiger partial charge is 0.270 e. The zero-order valence-corrected chi connectivity index (χ0v) is 15.5. The lowest BCUT2D eigenvalue weighted by atomic mass is 10.1. The van der Waals surface area contributed by atoms with E-state index in [9.17, 15) is 14.9 Å². The van der Waals surface area contributed by atoms with Crippen LogP contribution in [0.3, 0.4) is 0 Å². The molecule has 0 aliphatic carbocycles. The normalized spacial score (nSPS) is 16.2. The van der Waals surface area contributed by atoms with E-state index in [2.05, 4.69) is 10.2 Å². The summed E-state index contributed by atoms with van der Waals surface area (Å²) in [6.07, 6.45) is 0. The van der Waals surface area contributed by atoms with Crippen molar-refractivity contribution in [2.24, 2.45) is 0 Å². The monoisotopic (exact) mass is 395 g/mol. The molecule has 1 amide bonds. The molecule has 1 aromatic heterocycles. The fourth-order valence-electron chi connectivity index (χ4n) is 2.87. The van der Waals surface area contributed by atoms with Crippen LogP contribution in [0.5, 0.6) is 0 Å². The Labute approximate surface area is 159 Å². The molecule has 2 heterocycles. The molecule has 1 aliphatic rings. The molecule has 1 fully saturated rings. The lowest BCUT2D eigenvalue weighted by molar-refractivity contribution is -0.384. The molecule has 3 rings (SSSR count). The van der Waals surface area contributed by atoms with Gasteiger partial charge in [-0.1, -0.05) is 17.7 Å². The van der Waals surface area contributed by atoms with Crippen molar-refractivity contribution in [3.05, 3.63) is 61.3 Å². The standard InChI is InChI=1S/C17H18ClN3O4S/c18-14-4-3-12(21(23)24)10-13(14)17(22)19-11-15(16-2-1-9-26-16)20-5-7-25-8-6-20/h1-4,9-10,15H,5-8,11H2,(H,19,22)/t15-/m0/s1. The van der Waals surface area contributed by atoms with Crippen LogP contribution < -0.4 is 5.32 Å². The minimum atomic E-state index is -0.546. The zero-order chi connectivity index (χ0) is 18.5. The van der Waals surface area contributed by atoms with Crippen LogP contribution >= 0.6 is 22.9 Å². The van der Waals surface area contributed by atoms with Crippen molar-refractivity contribution in [3.8, 4) is 0 Å². The van der Waals surface area contributed by atoms with Gasteiger partial charge in [0.1, 0.15) is 0 Å². The first kappa shape index (κ1) is 18.8. The summed E-state index contributed by atoms with van der Waals surface area (Å²) in [6.45, 7) is 3.28. The Kier molecular flexibility index (Phi) is 6.20. The van der Waals surface area contributed by atoms with Crippen LogP contribution in [0.2, 0.25) is 5.02 Å². The van der Waals surface area contributed by atoms with Crippen molar-refractivity contribution >= 4 is 34.5 Å². The van der Waals surface area contributed by atoms with Gasteiger partial charge in [-0.15, -0.1) is 11.3 Å². The number of carbonyl (C=O) groups excluding carboxylic acids is 1. The van der Waals surface area contributed by atoms with Crippen LogP contribution in [0, 0.1) is 10.1 Å². The van der Waals surface area contributed by atoms with E-state index in [0.29, 0.717) is 19.8 Å². The number of nitro groups is 1. The van der Waals surface area contributed by atoms with E-state index >= 15 is 0 Å². The van der Waals surface area contributed by atoms with Crippen molar-refractivity contribution in [1.82, 2.24) is 10.2 Å². The first-order valence-electron chi connectivity index (χ1n) is 8.13. The van der Waals surface area contributed by atoms with Gasteiger partial charge in [0, 0.05) is 36.6 Å². The number of hydrogen-bond acceptors (Lipinski definition) is 6. The average Bonchev–Trinajstić information content (AvgIpc) is 3.17. The summed E-state index contributed by atoms with van der Waals surface area (Å²) in [5.41, 5.74) is -0.0599. The van der Waals surface area contributed by atoms with Crippen LogP contribution in [0.15, 0.2) is 35.7 Å². The van der Waals surface area contributed by atoms with Crippen LogP contribution in [0.1, 0.15) is 21.3 Å². The van der Waals surface area contributed by atoms with Crippen LogP contribution in [0.4, 0.5) is 5.69 Å². The third-order valence-corrected chi connectivity index (χ3v) is 5.52. The van der Waals surface area contributed by atoms with E-state index < -0.39 is 10.8 Å². The quantitative estimate of drug-likeness (QED) is 0.600. The third-order valence-electron chi connectivity index (χ3n) is 4.22. The first-order valence-corrected chi connectivity index (χ1v) is 9.39. The van der Waals surface area contributed by atoms with Crippen molar-refractivity contribution in [2.45, 2.75) is 6.04 Å². The summed E-state index contributed by atoms with van der Waals surface area (Å²) >= 11 is 7.68. The number of hydrogen-bond donors (Lipinski definition) is 1. The van der Waals surface area contributed by atoms with E-state index in [1.807, 2.05) is 17.5 Å². The second-order valence-electron chi connectivity index (χ2n) is 5.81. The Balaban J connectivity index is 1.73. The molecule has 138 valence electrons. The molecule has 0 spiro atoms. The SMILES string of the molecule is O=C(NC[C@@H](c1cccs1)N1CCOCC1)c1cc([N+](=O)[O-])ccc1Cl. The Bertz CT molecular complexity index is 778. The van der Waals surface area contributed by atoms with Crippen molar-refractivity contribution in [1.29, 1.82) is 0 Å². The Morgan fingerprint density at radius 1 is 1.38 bits per heavy atom. The lowest BCUT2D eigenvalue weighted by Crippen LogP contribution is -2.43. The van der Waals surface area contributed by atoms with E-state index in [4.69, 9.17) is 16.3 Å². The number of nitrogens with one attached hydrogen (secondary N) is 1. The second-order valence-corrected chi connectivity index (χ2v) is 7.20. The Morgan fingerprint density at radius 2 is 2.15 bits per heavy atom. The number of non-ortho nitro benzene ring substituents is 1. The second kappa shape index (κ2) is 8.59. The van der Waals surface area contributed by atoms with Gasteiger partial charge in [0.2, 0.25) is 0 Å². The molecule has 1 atom stereocenters. The highest BCUT2D eigenvalue weighted by atomic mass is 35.5. The summed E-state index contributed by atoms with van der Waals surface area (Å²) < 4.78 is 5.41. The Morgan fingerprint density at radius 3 is 2.81 bits per heavy atom. The minimum absolute atomic E-state index is 0.0281. The van der Waals surface area contributed by atoms with Crippen LogP contribution in [-0.2, 0) is 4.74 Å². The molecule has 1 saturated heterocycles. The number of amides is 1. The summed E-state index contributed by atoms with van der Waals surface area (Å²) in [5, 5.41) is 16.0. The number of rotatable bonds is 6. The van der Waals surface area contributed by atoms with Crippen molar-refractivity contribution in [3.63, 3.8) is 0 Å². The largest absolute Gasteiger partial charge is 0.379 e. The van der Waals surface area contributed by atoms with E-state index in [1.54, 1.807) is 11.3 Å². The summed E-state index contributed by atoms with van der Waals surface area (Å²) in [4.78, 5) is 26.3. The maximum atomic E-state index is 12.5. The molecule has 2 aromatic rings. The molecule has 26 heavy (non-hydrogen) atoms. The van der Waals surface area contributed by atoms with Crippen molar-refractivity contribution < 1.29 is 14.5 Å². The number of halogens is 1. The number of nitrogens with zero attached hydrogens (tertiary/aromatic N) is 2. The lowest BCUT2D eigenvalue weighted by Gasteiger charge is -2.34. The molecule has 0 radical (unpaired) electrons. The highest BCUT2D eigenvalue weighted by Gasteiger charge is 2.25. The minimum Gasteiger partial charge on any atom is -0.379 e. The van der Waals surface area contributed by atoms with Gasteiger partial charge >= 0.3 is 0 Å². The average molecular weight is 396 g/mol. The maximum absolute atomic E-state index is 12.5. The molecule has 0 unspecified atom stereocenters. The number of morpholine rings is 1. The van der Waals surface area contributed by atoms with E-state index in [-0.39, 0.29) is 22.3 Å². The number of ether oxygens (including phenoxy) is 1. The van der Waals surface area contributed by atoms with Gasteiger partial charge in [0.05, 0.1) is 34.8 Å². The number of benzene rings is 1. The predicted octanol–water partition coefficient (Wildman–Crippen LogP) is 3.11. The van der Waals surface area contributed by atoms with E-state index in [0.717, 1.165) is 18.0 Å². The highest BCUT2D eigenvalue weighted by molar-refractivity contribution is 7.10. The van der Waals surface area contributed by atoms with Gasteiger partial charge in [-0.3, -0.25) is 19.8 Å². The van der Waals surface area contributed by atoms with Crippen LogP contribution in [-0.4, -0.2) is 48.6 Å². The summed E-state index contributed by atoms with van der Waals surface area (Å²) in [6, 6.07) is 7.89. The van der Waals surface area contributed by atoms with Gasteiger partial charge in [-0.05, 0) is 17.5 Å². The first-order chi connectivity index (χ1) is 12.6. The van der Waals surface area contributed by atoms with Gasteiger partial charge < -0.3 is 10.1 Å². The summed E-state index contributed by atoms with van der Waals surface area (Å²) in [7, 11) is 0. The molecule has 1 aromatic carbocycles. The van der Waals surface area contributed by atoms with Crippen LogP contribution in [0.25, 0.3) is 0 Å². The maximum Gasteiger partial charge on any atom is 0.270 e. The fraction of sp³-hybridized carbons (Fsp3) is 0.353. The Hall–Kier alpha value is -2.00. The topological polar surface area (TPSA) is 84.7 Å². The molecular weight excluding hydrogens is 378 g/mol. The molecule has 0 saturated carbocycles. The van der Waals surface area contributed by atoms with Gasteiger partial charge in [0.15, 0.2) is 0 Å². The molecule has 9 heteroatoms. The fourth-order valence-corrected chi connectivity index (χ4v) is 3.93. The van der Waals surface area contributed by atoms with Crippen molar-refractivity contribution in [2.75, 3.05) is 32.8 Å². The molecule has 1 N–H and O–H groups in total. The highest BCUT2D eigenvalue weighted by Crippen LogP contribution is 2.26. The molecule has 7 nitrogen and oxygen atoms in total.